The van der Waals surface area contributed by atoms with Gasteiger partial charge in [0, 0.05) is 31.0 Å². The Hall–Kier alpha value is -2.89. The van der Waals surface area contributed by atoms with Gasteiger partial charge in [-0.05, 0) is 43.5 Å². The van der Waals surface area contributed by atoms with Crippen LogP contribution in [0.4, 0.5) is 0 Å². The third-order valence-corrected chi connectivity index (χ3v) is 8.12. The minimum Gasteiger partial charge on any atom is -0.484 e. The number of ether oxygens (including phenoxy) is 1. The Balaban J connectivity index is 1.20. The van der Waals surface area contributed by atoms with Crippen LogP contribution in [-0.2, 0) is 14.8 Å². The predicted molar refractivity (Wildman–Crippen MR) is 130 cm³/mol. The van der Waals surface area contributed by atoms with Crippen LogP contribution in [0.15, 0.2) is 58.6 Å². The van der Waals surface area contributed by atoms with Gasteiger partial charge in [-0.2, -0.15) is 4.31 Å². The van der Waals surface area contributed by atoms with E-state index in [1.807, 2.05) is 30.3 Å². The van der Waals surface area contributed by atoms with Gasteiger partial charge in [-0.3, -0.25) is 9.89 Å². The van der Waals surface area contributed by atoms with Crippen molar-refractivity contribution in [2.75, 3.05) is 32.0 Å². The van der Waals surface area contributed by atoms with Crippen LogP contribution < -0.4 is 10.1 Å². The summed E-state index contributed by atoms with van der Waals surface area (Å²) in [5, 5.41) is 10.5. The molecular weight excluding hydrogens is 474 g/mol. The summed E-state index contributed by atoms with van der Waals surface area (Å²) >= 11 is 1.44. The number of thioether (sulfide) groups is 1. The van der Waals surface area contributed by atoms with Crippen LogP contribution in [0.25, 0.3) is 11.4 Å². The molecule has 34 heavy (non-hydrogen) atoms. The van der Waals surface area contributed by atoms with Crippen molar-refractivity contribution in [1.82, 2.24) is 24.8 Å². The first-order chi connectivity index (χ1) is 16.4. The summed E-state index contributed by atoms with van der Waals surface area (Å²) in [6, 6.07) is 14.5. The molecule has 0 unspecified atom stereocenters. The Morgan fingerprint density at radius 3 is 2.68 bits per heavy atom. The first-order valence-corrected chi connectivity index (χ1v) is 13.5. The predicted octanol–water partition coefficient (Wildman–Crippen LogP) is 2.85. The Morgan fingerprint density at radius 1 is 1.18 bits per heavy atom. The second kappa shape index (κ2) is 11.0. The van der Waals surface area contributed by atoms with Crippen molar-refractivity contribution in [2.45, 2.75) is 29.8 Å². The lowest BCUT2D eigenvalue weighted by molar-refractivity contribution is -0.122. The van der Waals surface area contributed by atoms with Crippen molar-refractivity contribution in [3.05, 3.63) is 54.1 Å². The molecule has 1 fully saturated rings. The average molecular weight is 502 g/mol. The van der Waals surface area contributed by atoms with Gasteiger partial charge in [0.2, 0.25) is 15.2 Å². The fourth-order valence-corrected chi connectivity index (χ4v) is 5.84. The molecule has 2 N–H and O–H groups in total. The SMILES string of the molecule is Cc1cc(S(=O)(=O)N2CCCC2)ccc1OCC(=O)NCCSc1n[nH]c(-c2ccccc2)n1. The van der Waals surface area contributed by atoms with Gasteiger partial charge in [-0.1, -0.05) is 42.1 Å². The number of benzene rings is 2. The normalized spacial score (nSPS) is 14.3. The van der Waals surface area contributed by atoms with Crippen molar-refractivity contribution >= 4 is 27.7 Å². The van der Waals surface area contributed by atoms with Gasteiger partial charge in [0.15, 0.2) is 12.4 Å². The Labute approximate surface area is 203 Å². The second-order valence-corrected chi connectivity index (χ2v) is 10.9. The number of nitrogens with zero attached hydrogens (tertiary/aromatic N) is 3. The monoisotopic (exact) mass is 501 g/mol. The molecule has 1 saturated heterocycles. The van der Waals surface area contributed by atoms with Crippen molar-refractivity contribution in [1.29, 1.82) is 0 Å². The lowest BCUT2D eigenvalue weighted by atomic mass is 10.2. The number of H-pyrrole nitrogens is 1. The van der Waals surface area contributed by atoms with E-state index < -0.39 is 10.0 Å². The number of aromatic amines is 1. The van der Waals surface area contributed by atoms with Crippen molar-refractivity contribution in [2.24, 2.45) is 0 Å². The number of amides is 1. The van der Waals surface area contributed by atoms with Crippen molar-refractivity contribution in [3.8, 4) is 17.1 Å². The quantitative estimate of drug-likeness (QED) is 0.324. The summed E-state index contributed by atoms with van der Waals surface area (Å²) in [6.45, 7) is 3.18. The molecule has 2 aromatic carbocycles. The number of aryl methyl sites for hydroxylation is 1. The van der Waals surface area contributed by atoms with Crippen LogP contribution >= 0.6 is 11.8 Å². The average Bonchev–Trinajstić information content (AvgIpc) is 3.55. The molecule has 0 atom stereocenters. The van der Waals surface area contributed by atoms with Crippen LogP contribution in [-0.4, -0.2) is 65.8 Å². The molecule has 9 nitrogen and oxygen atoms in total. The number of rotatable bonds is 10. The van der Waals surface area contributed by atoms with E-state index in [4.69, 9.17) is 4.74 Å². The summed E-state index contributed by atoms with van der Waals surface area (Å²) in [4.78, 5) is 16.8. The molecule has 11 heteroatoms. The maximum absolute atomic E-state index is 12.7. The van der Waals surface area contributed by atoms with Crippen LogP contribution in [0, 0.1) is 6.92 Å². The van der Waals surface area contributed by atoms with Gasteiger partial charge in [0.25, 0.3) is 5.91 Å². The molecule has 3 aromatic rings. The van der Waals surface area contributed by atoms with E-state index in [0.29, 0.717) is 47.7 Å². The number of hydrogen-bond donors (Lipinski definition) is 2. The molecule has 0 bridgehead atoms. The summed E-state index contributed by atoms with van der Waals surface area (Å²) in [6.07, 6.45) is 1.78. The fourth-order valence-electron chi connectivity index (χ4n) is 3.59. The van der Waals surface area contributed by atoms with Crippen molar-refractivity contribution < 1.29 is 17.9 Å². The minimum atomic E-state index is -3.48. The largest absolute Gasteiger partial charge is 0.484 e. The molecule has 1 aliphatic rings. The molecule has 4 rings (SSSR count). The molecule has 1 amide bonds. The molecule has 0 radical (unpaired) electrons. The third kappa shape index (κ3) is 5.96. The molecule has 180 valence electrons. The second-order valence-electron chi connectivity index (χ2n) is 7.86. The zero-order chi connectivity index (χ0) is 24.0. The summed E-state index contributed by atoms with van der Waals surface area (Å²) < 4.78 is 32.5. The number of sulfonamides is 1. The van der Waals surface area contributed by atoms with E-state index in [2.05, 4.69) is 20.5 Å². The standard InChI is InChI=1S/C23H27N5O4S2/c1-17-15-19(34(30,31)28-12-5-6-13-28)9-10-20(17)32-16-21(29)24-11-14-33-23-25-22(26-27-23)18-7-3-2-4-8-18/h2-4,7-10,15H,5-6,11-14,16H2,1H3,(H,24,29)(H,25,26,27). The summed E-state index contributed by atoms with van der Waals surface area (Å²) in [5.41, 5.74) is 1.63. The van der Waals surface area contributed by atoms with Gasteiger partial charge < -0.3 is 10.1 Å². The van der Waals surface area contributed by atoms with Gasteiger partial charge in [-0.25, -0.2) is 13.4 Å². The Bertz CT molecular complexity index is 1230. The highest BCUT2D eigenvalue weighted by molar-refractivity contribution is 7.99. The first-order valence-electron chi connectivity index (χ1n) is 11.0. The van der Waals surface area contributed by atoms with E-state index in [1.165, 1.54) is 22.1 Å². The van der Waals surface area contributed by atoms with Crippen LogP contribution in [0.1, 0.15) is 18.4 Å². The van der Waals surface area contributed by atoms with Gasteiger partial charge in [0.1, 0.15) is 5.75 Å². The molecular formula is C23H27N5O4S2. The van der Waals surface area contributed by atoms with E-state index in [1.54, 1.807) is 19.1 Å². The molecule has 1 aromatic heterocycles. The summed E-state index contributed by atoms with van der Waals surface area (Å²) in [5.74, 6) is 1.54. The minimum absolute atomic E-state index is 0.150. The maximum atomic E-state index is 12.7. The van der Waals surface area contributed by atoms with Gasteiger partial charge in [-0.15, -0.1) is 5.10 Å². The molecule has 1 aliphatic heterocycles. The number of aromatic nitrogens is 3. The number of hydrogen-bond acceptors (Lipinski definition) is 7. The van der Waals surface area contributed by atoms with E-state index in [0.717, 1.165) is 18.4 Å². The Morgan fingerprint density at radius 2 is 1.94 bits per heavy atom. The van der Waals surface area contributed by atoms with Crippen LogP contribution in [0.3, 0.4) is 0 Å². The lowest BCUT2D eigenvalue weighted by Gasteiger charge is -2.17. The van der Waals surface area contributed by atoms with E-state index in [-0.39, 0.29) is 17.4 Å². The highest BCUT2D eigenvalue weighted by atomic mass is 32.2. The topological polar surface area (TPSA) is 117 Å². The molecule has 0 saturated carbocycles. The van der Waals surface area contributed by atoms with Gasteiger partial charge >= 0.3 is 0 Å². The number of carbonyl (C=O) groups excluding carboxylic acids is 1. The lowest BCUT2D eigenvalue weighted by Crippen LogP contribution is -2.30. The number of nitrogens with one attached hydrogen (secondary N) is 2. The van der Waals surface area contributed by atoms with Crippen molar-refractivity contribution in [3.63, 3.8) is 0 Å². The highest BCUT2D eigenvalue weighted by Crippen LogP contribution is 2.26. The zero-order valence-corrected chi connectivity index (χ0v) is 20.5. The van der Waals surface area contributed by atoms with Crippen LogP contribution in [0.5, 0.6) is 5.75 Å². The van der Waals surface area contributed by atoms with E-state index in [9.17, 15) is 13.2 Å². The molecule has 0 spiro atoms. The van der Waals surface area contributed by atoms with E-state index >= 15 is 0 Å². The van der Waals surface area contributed by atoms with Gasteiger partial charge in [0.05, 0.1) is 4.90 Å². The highest BCUT2D eigenvalue weighted by Gasteiger charge is 2.27. The third-order valence-electron chi connectivity index (χ3n) is 5.38. The first kappa shape index (κ1) is 24.2. The maximum Gasteiger partial charge on any atom is 0.257 e. The molecule has 0 aliphatic carbocycles. The smallest absolute Gasteiger partial charge is 0.257 e. The van der Waals surface area contributed by atoms with Crippen LogP contribution in [0.2, 0.25) is 0 Å². The fraction of sp³-hybridized carbons (Fsp3) is 0.348. The number of carbonyl (C=O) groups is 1. The summed E-state index contributed by atoms with van der Waals surface area (Å²) in [7, 11) is -3.48. The molecule has 2 heterocycles. The zero-order valence-electron chi connectivity index (χ0n) is 18.9. The Kier molecular flexibility index (Phi) is 7.86.